The van der Waals surface area contributed by atoms with Crippen LogP contribution in [0.25, 0.3) is 0 Å². The van der Waals surface area contributed by atoms with E-state index in [-0.39, 0.29) is 11.8 Å². The van der Waals surface area contributed by atoms with Gasteiger partial charge < -0.3 is 10.6 Å². The van der Waals surface area contributed by atoms with Crippen molar-refractivity contribution in [3.63, 3.8) is 0 Å². The Balaban J connectivity index is 2.01. The Morgan fingerprint density at radius 3 is 2.33 bits per heavy atom. The van der Waals surface area contributed by atoms with Gasteiger partial charge >= 0.3 is 6.03 Å². The Hall–Kier alpha value is -2.34. The van der Waals surface area contributed by atoms with Crippen LogP contribution < -0.4 is 10.6 Å². The summed E-state index contributed by atoms with van der Waals surface area (Å²) in [6.45, 7) is 4.24. The molecule has 0 aliphatic rings. The minimum absolute atomic E-state index is 0.0423. The highest BCUT2D eigenvalue weighted by molar-refractivity contribution is 7.89. The largest absolute Gasteiger partial charge is 0.334 e. The summed E-state index contributed by atoms with van der Waals surface area (Å²) in [5.41, 5.74) is 4.24. The van der Waals surface area contributed by atoms with E-state index in [0.717, 1.165) is 11.1 Å². The van der Waals surface area contributed by atoms with Crippen molar-refractivity contribution in [2.45, 2.75) is 26.1 Å². The van der Waals surface area contributed by atoms with Gasteiger partial charge in [0, 0.05) is 18.5 Å². The van der Waals surface area contributed by atoms with Crippen molar-refractivity contribution in [2.75, 3.05) is 11.6 Å². The number of anilines is 1. The Morgan fingerprint density at radius 2 is 1.71 bits per heavy atom. The van der Waals surface area contributed by atoms with Crippen LogP contribution >= 0.6 is 0 Å². The number of carbonyl (C=O) groups is 1. The van der Waals surface area contributed by atoms with Gasteiger partial charge in [0.05, 0.1) is 5.75 Å². The third-order valence-corrected chi connectivity index (χ3v) is 4.52. The maximum atomic E-state index is 12.1. The molecule has 0 heterocycles. The van der Waals surface area contributed by atoms with Crippen molar-refractivity contribution in [3.8, 4) is 0 Å². The number of carbonyl (C=O) groups excluding carboxylic acids is 1. The molecule has 0 bridgehead atoms. The number of rotatable bonds is 5. The summed E-state index contributed by atoms with van der Waals surface area (Å²) < 4.78 is 22.9. The molecule has 2 aromatic carbocycles. The number of amides is 2. The number of aryl methyl sites for hydroxylation is 1. The summed E-state index contributed by atoms with van der Waals surface area (Å²) in [5.74, 6) is -0.0423. The summed E-state index contributed by atoms with van der Waals surface area (Å²) in [4.78, 5) is 12.1. The van der Waals surface area contributed by atoms with Crippen LogP contribution in [0.15, 0.2) is 42.5 Å². The van der Waals surface area contributed by atoms with Crippen molar-refractivity contribution in [3.05, 3.63) is 64.7 Å². The van der Waals surface area contributed by atoms with Crippen LogP contribution in [-0.2, 0) is 22.1 Å². The standard InChI is InChI=1S/C18H22N2O3S/c1-13-7-9-15(10-8-13)11-19-18(21)20-17-6-4-5-16(14(17)2)12-24(3,22)23/h4-10H,11-12H2,1-3H3,(H2,19,20,21). The molecule has 0 fully saturated rings. The molecule has 2 aromatic rings. The summed E-state index contributed by atoms with van der Waals surface area (Å²) in [6, 6.07) is 12.8. The average molecular weight is 346 g/mol. The van der Waals surface area contributed by atoms with Gasteiger partial charge in [0.2, 0.25) is 0 Å². The molecule has 128 valence electrons. The number of nitrogens with one attached hydrogen (secondary N) is 2. The first kappa shape index (κ1) is 18.0. The highest BCUT2D eigenvalue weighted by atomic mass is 32.2. The molecule has 6 heteroatoms. The predicted molar refractivity (Wildman–Crippen MR) is 96.8 cm³/mol. The Labute approximate surface area is 143 Å². The highest BCUT2D eigenvalue weighted by Crippen LogP contribution is 2.20. The highest BCUT2D eigenvalue weighted by Gasteiger charge is 2.11. The number of benzene rings is 2. The zero-order chi connectivity index (χ0) is 17.7. The second kappa shape index (κ2) is 7.49. The molecule has 2 amide bonds. The summed E-state index contributed by atoms with van der Waals surface area (Å²) in [5, 5.41) is 5.57. The van der Waals surface area contributed by atoms with E-state index in [4.69, 9.17) is 0 Å². The maximum absolute atomic E-state index is 12.1. The molecule has 2 N–H and O–H groups in total. The first-order valence-electron chi connectivity index (χ1n) is 7.61. The van der Waals surface area contributed by atoms with Crippen LogP contribution in [0, 0.1) is 13.8 Å². The molecule has 5 nitrogen and oxygen atoms in total. The molecule has 0 saturated heterocycles. The molecule has 0 saturated carbocycles. The maximum Gasteiger partial charge on any atom is 0.319 e. The molecule has 0 aliphatic carbocycles. The monoisotopic (exact) mass is 346 g/mol. The average Bonchev–Trinajstić information content (AvgIpc) is 2.49. The van der Waals surface area contributed by atoms with Crippen LogP contribution in [0.3, 0.4) is 0 Å². The van der Waals surface area contributed by atoms with Crippen LogP contribution in [0.2, 0.25) is 0 Å². The molecule has 0 atom stereocenters. The number of hydrogen-bond acceptors (Lipinski definition) is 3. The van der Waals surface area contributed by atoms with Gasteiger partial charge in [0.1, 0.15) is 0 Å². The lowest BCUT2D eigenvalue weighted by Crippen LogP contribution is -2.28. The van der Waals surface area contributed by atoms with E-state index in [0.29, 0.717) is 17.8 Å². The molecule has 0 unspecified atom stereocenters. The lowest BCUT2D eigenvalue weighted by Gasteiger charge is -2.13. The van der Waals surface area contributed by atoms with E-state index >= 15 is 0 Å². The summed E-state index contributed by atoms with van der Waals surface area (Å²) >= 11 is 0. The molecular formula is C18H22N2O3S. The fourth-order valence-electron chi connectivity index (χ4n) is 2.31. The molecule has 0 spiro atoms. The van der Waals surface area contributed by atoms with Crippen LogP contribution in [-0.4, -0.2) is 20.7 Å². The van der Waals surface area contributed by atoms with E-state index < -0.39 is 9.84 Å². The lowest BCUT2D eigenvalue weighted by molar-refractivity contribution is 0.251. The van der Waals surface area contributed by atoms with E-state index in [2.05, 4.69) is 10.6 Å². The first-order chi connectivity index (χ1) is 11.2. The zero-order valence-corrected chi connectivity index (χ0v) is 14.9. The second-order valence-electron chi connectivity index (χ2n) is 5.95. The molecule has 0 radical (unpaired) electrons. The van der Waals surface area contributed by atoms with Gasteiger partial charge in [-0.2, -0.15) is 0 Å². The van der Waals surface area contributed by atoms with Crippen molar-refractivity contribution in [1.29, 1.82) is 0 Å². The lowest BCUT2D eigenvalue weighted by atomic mass is 10.1. The number of urea groups is 1. The van der Waals surface area contributed by atoms with Gasteiger partial charge in [0.25, 0.3) is 0 Å². The predicted octanol–water partition coefficient (Wildman–Crippen LogP) is 3.17. The van der Waals surface area contributed by atoms with E-state index in [1.54, 1.807) is 25.1 Å². The fraction of sp³-hybridized carbons (Fsp3) is 0.278. The molecule has 2 rings (SSSR count). The number of sulfone groups is 1. The van der Waals surface area contributed by atoms with Crippen molar-refractivity contribution >= 4 is 21.6 Å². The van der Waals surface area contributed by atoms with Gasteiger partial charge in [-0.15, -0.1) is 0 Å². The molecule has 0 aliphatic heterocycles. The fourth-order valence-corrected chi connectivity index (χ4v) is 3.19. The van der Waals surface area contributed by atoms with Crippen LogP contribution in [0.5, 0.6) is 0 Å². The van der Waals surface area contributed by atoms with Crippen molar-refractivity contribution in [1.82, 2.24) is 5.32 Å². The third-order valence-electron chi connectivity index (χ3n) is 3.69. The van der Waals surface area contributed by atoms with Gasteiger partial charge in [-0.3, -0.25) is 0 Å². The van der Waals surface area contributed by atoms with E-state index in [1.165, 1.54) is 11.8 Å². The Morgan fingerprint density at radius 1 is 1.04 bits per heavy atom. The number of hydrogen-bond donors (Lipinski definition) is 2. The normalized spacial score (nSPS) is 11.1. The van der Waals surface area contributed by atoms with Gasteiger partial charge in [-0.25, -0.2) is 13.2 Å². The van der Waals surface area contributed by atoms with Gasteiger partial charge in [0.15, 0.2) is 9.84 Å². The summed E-state index contributed by atoms with van der Waals surface area (Å²) in [7, 11) is -3.12. The van der Waals surface area contributed by atoms with Crippen LogP contribution in [0.4, 0.5) is 10.5 Å². The Kier molecular flexibility index (Phi) is 5.62. The first-order valence-corrected chi connectivity index (χ1v) is 9.67. The topological polar surface area (TPSA) is 75.3 Å². The zero-order valence-electron chi connectivity index (χ0n) is 14.1. The smallest absolute Gasteiger partial charge is 0.319 e. The third kappa shape index (κ3) is 5.38. The van der Waals surface area contributed by atoms with E-state index in [1.807, 2.05) is 31.2 Å². The minimum Gasteiger partial charge on any atom is -0.334 e. The molecule has 0 aromatic heterocycles. The van der Waals surface area contributed by atoms with Crippen molar-refractivity contribution < 1.29 is 13.2 Å². The minimum atomic E-state index is -3.12. The SMILES string of the molecule is Cc1ccc(CNC(=O)Nc2cccc(CS(C)(=O)=O)c2C)cc1. The van der Waals surface area contributed by atoms with Gasteiger partial charge in [-0.05, 0) is 36.6 Å². The molecular weight excluding hydrogens is 324 g/mol. The summed E-state index contributed by atoms with van der Waals surface area (Å²) in [6.07, 6.45) is 1.20. The van der Waals surface area contributed by atoms with Crippen LogP contribution in [0.1, 0.15) is 22.3 Å². The molecule has 24 heavy (non-hydrogen) atoms. The second-order valence-corrected chi connectivity index (χ2v) is 8.09. The van der Waals surface area contributed by atoms with Gasteiger partial charge in [-0.1, -0.05) is 42.0 Å². The van der Waals surface area contributed by atoms with Crippen molar-refractivity contribution in [2.24, 2.45) is 0 Å². The quantitative estimate of drug-likeness (QED) is 0.873. The Bertz CT molecular complexity index is 828. The van der Waals surface area contributed by atoms with E-state index in [9.17, 15) is 13.2 Å².